The highest BCUT2D eigenvalue weighted by Crippen LogP contribution is 2.23. The number of ether oxygens (including phenoxy) is 3. The summed E-state index contributed by atoms with van der Waals surface area (Å²) in [6.45, 7) is 8.53. The molecule has 96 valence electrons. The monoisotopic (exact) mass is 230 g/mol. The van der Waals surface area contributed by atoms with E-state index >= 15 is 0 Å². The Hall–Kier alpha value is -0.120. The van der Waals surface area contributed by atoms with Crippen LogP contribution in [0.5, 0.6) is 0 Å². The molecule has 3 nitrogen and oxygen atoms in total. The maximum atomic E-state index is 5.75. The van der Waals surface area contributed by atoms with Crippen LogP contribution in [0.15, 0.2) is 0 Å². The molecule has 0 aromatic heterocycles. The Labute approximate surface area is 99.5 Å². The summed E-state index contributed by atoms with van der Waals surface area (Å²) in [4.78, 5) is 0. The van der Waals surface area contributed by atoms with Crippen molar-refractivity contribution in [3.63, 3.8) is 0 Å². The summed E-state index contributed by atoms with van der Waals surface area (Å²) in [6, 6.07) is 0. The van der Waals surface area contributed by atoms with Gasteiger partial charge in [-0.1, -0.05) is 26.7 Å². The van der Waals surface area contributed by atoms with E-state index in [0.29, 0.717) is 19.1 Å². The summed E-state index contributed by atoms with van der Waals surface area (Å²) in [7, 11) is 0. The Morgan fingerprint density at radius 1 is 1.19 bits per heavy atom. The summed E-state index contributed by atoms with van der Waals surface area (Å²) in [6.07, 6.45) is 4.96. The summed E-state index contributed by atoms with van der Waals surface area (Å²) in [5, 5.41) is 0. The summed E-state index contributed by atoms with van der Waals surface area (Å²) >= 11 is 0. The molecule has 1 heterocycles. The van der Waals surface area contributed by atoms with E-state index in [1.807, 2.05) is 6.92 Å². The molecule has 1 unspecified atom stereocenters. The van der Waals surface area contributed by atoms with E-state index < -0.39 is 0 Å². The van der Waals surface area contributed by atoms with Crippen molar-refractivity contribution in [2.75, 3.05) is 19.8 Å². The molecular weight excluding hydrogens is 204 g/mol. The van der Waals surface area contributed by atoms with Gasteiger partial charge < -0.3 is 14.2 Å². The molecule has 16 heavy (non-hydrogen) atoms. The van der Waals surface area contributed by atoms with Crippen molar-refractivity contribution in [1.29, 1.82) is 0 Å². The number of unbranched alkanes of at least 4 members (excludes halogenated alkanes) is 1. The zero-order valence-corrected chi connectivity index (χ0v) is 10.9. The Balaban J connectivity index is 2.27. The molecule has 0 radical (unpaired) electrons. The van der Waals surface area contributed by atoms with Crippen molar-refractivity contribution in [1.82, 2.24) is 0 Å². The van der Waals surface area contributed by atoms with Gasteiger partial charge in [0.15, 0.2) is 6.29 Å². The molecule has 1 atom stereocenters. The fourth-order valence-electron chi connectivity index (χ4n) is 2.10. The zero-order valence-electron chi connectivity index (χ0n) is 10.9. The van der Waals surface area contributed by atoms with Crippen molar-refractivity contribution in [2.45, 2.75) is 58.8 Å². The van der Waals surface area contributed by atoms with E-state index in [-0.39, 0.29) is 12.4 Å². The number of hydrogen-bond acceptors (Lipinski definition) is 3. The molecule has 0 aromatic carbocycles. The van der Waals surface area contributed by atoms with Crippen molar-refractivity contribution in [3.05, 3.63) is 0 Å². The highest BCUT2D eigenvalue weighted by molar-refractivity contribution is 4.68. The first-order valence-electron chi connectivity index (χ1n) is 6.66. The highest BCUT2D eigenvalue weighted by atomic mass is 16.7. The van der Waals surface area contributed by atoms with Crippen molar-refractivity contribution in [2.24, 2.45) is 5.92 Å². The summed E-state index contributed by atoms with van der Waals surface area (Å²) < 4.78 is 17.0. The molecule has 1 rings (SSSR count). The SMILES string of the molecule is CCCCC(CC)C1OCC(OCC)CO1. The molecule has 1 aliphatic heterocycles. The third kappa shape index (κ3) is 4.40. The number of rotatable bonds is 7. The molecule has 0 aliphatic carbocycles. The lowest BCUT2D eigenvalue weighted by molar-refractivity contribution is -0.246. The zero-order chi connectivity index (χ0) is 11.8. The average Bonchev–Trinajstić information content (AvgIpc) is 2.32. The van der Waals surface area contributed by atoms with Crippen molar-refractivity contribution in [3.8, 4) is 0 Å². The quantitative estimate of drug-likeness (QED) is 0.673. The van der Waals surface area contributed by atoms with Crippen LogP contribution in [0.1, 0.15) is 46.5 Å². The first kappa shape index (κ1) is 13.9. The standard InChI is InChI=1S/C13H26O3/c1-4-7-8-11(5-2)13-15-9-12(10-16-13)14-6-3/h11-13H,4-10H2,1-3H3. The van der Waals surface area contributed by atoms with E-state index in [2.05, 4.69) is 13.8 Å². The first-order valence-corrected chi connectivity index (χ1v) is 6.66. The largest absolute Gasteiger partial charge is 0.374 e. The molecule has 0 N–H and O–H groups in total. The molecule has 0 spiro atoms. The van der Waals surface area contributed by atoms with Gasteiger partial charge in [0.25, 0.3) is 0 Å². The molecule has 1 aliphatic rings. The predicted octanol–water partition coefficient (Wildman–Crippen LogP) is 2.98. The van der Waals surface area contributed by atoms with Gasteiger partial charge in [-0.05, 0) is 19.8 Å². The van der Waals surface area contributed by atoms with Crippen LogP contribution in [0.2, 0.25) is 0 Å². The van der Waals surface area contributed by atoms with Crippen LogP contribution in [-0.2, 0) is 14.2 Å². The average molecular weight is 230 g/mol. The van der Waals surface area contributed by atoms with Crippen LogP contribution in [-0.4, -0.2) is 32.2 Å². The lowest BCUT2D eigenvalue weighted by atomic mass is 9.98. The molecule has 0 saturated carbocycles. The minimum absolute atomic E-state index is 0.00624. The second-order valence-corrected chi connectivity index (χ2v) is 4.42. The van der Waals surface area contributed by atoms with Crippen molar-refractivity contribution >= 4 is 0 Å². The maximum Gasteiger partial charge on any atom is 0.160 e. The predicted molar refractivity (Wildman–Crippen MR) is 64.4 cm³/mol. The van der Waals surface area contributed by atoms with Crippen LogP contribution in [0.25, 0.3) is 0 Å². The van der Waals surface area contributed by atoms with E-state index in [0.717, 1.165) is 13.0 Å². The van der Waals surface area contributed by atoms with Gasteiger partial charge in [-0.2, -0.15) is 0 Å². The Morgan fingerprint density at radius 2 is 1.88 bits per heavy atom. The van der Waals surface area contributed by atoms with Crippen molar-refractivity contribution < 1.29 is 14.2 Å². The second-order valence-electron chi connectivity index (χ2n) is 4.42. The Kier molecular flexibility index (Phi) is 7.01. The van der Waals surface area contributed by atoms with Crippen LogP contribution < -0.4 is 0 Å². The Bertz CT molecular complexity index is 165. The topological polar surface area (TPSA) is 27.7 Å². The Morgan fingerprint density at radius 3 is 2.38 bits per heavy atom. The molecular formula is C13H26O3. The van der Waals surface area contributed by atoms with Gasteiger partial charge >= 0.3 is 0 Å². The van der Waals surface area contributed by atoms with Gasteiger partial charge in [0, 0.05) is 12.5 Å². The maximum absolute atomic E-state index is 5.75. The number of hydrogen-bond donors (Lipinski definition) is 0. The van der Waals surface area contributed by atoms with Crippen LogP contribution in [0.4, 0.5) is 0 Å². The molecule has 1 fully saturated rings. The molecule has 3 heteroatoms. The first-order chi connectivity index (χ1) is 7.81. The molecule has 0 bridgehead atoms. The third-order valence-corrected chi connectivity index (χ3v) is 3.13. The second kappa shape index (κ2) is 8.04. The van der Waals surface area contributed by atoms with Gasteiger partial charge in [0.2, 0.25) is 0 Å². The van der Waals surface area contributed by atoms with Gasteiger partial charge in [-0.15, -0.1) is 0 Å². The summed E-state index contributed by atoms with van der Waals surface area (Å²) in [5.74, 6) is 0.544. The van der Waals surface area contributed by atoms with E-state index in [9.17, 15) is 0 Å². The minimum atomic E-state index is -0.00624. The minimum Gasteiger partial charge on any atom is -0.374 e. The molecule has 0 aromatic rings. The van der Waals surface area contributed by atoms with E-state index in [1.165, 1.54) is 19.3 Å². The normalized spacial score (nSPS) is 27.9. The van der Waals surface area contributed by atoms with Gasteiger partial charge in [-0.25, -0.2) is 0 Å². The van der Waals surface area contributed by atoms with Crippen LogP contribution >= 0.6 is 0 Å². The van der Waals surface area contributed by atoms with Gasteiger partial charge in [0.1, 0.15) is 6.10 Å². The fourth-order valence-corrected chi connectivity index (χ4v) is 2.10. The van der Waals surface area contributed by atoms with Gasteiger partial charge in [-0.3, -0.25) is 0 Å². The molecule has 1 saturated heterocycles. The third-order valence-electron chi connectivity index (χ3n) is 3.13. The lowest BCUT2D eigenvalue weighted by Gasteiger charge is -2.33. The van der Waals surface area contributed by atoms with Gasteiger partial charge in [0.05, 0.1) is 13.2 Å². The van der Waals surface area contributed by atoms with E-state index in [4.69, 9.17) is 14.2 Å². The smallest absolute Gasteiger partial charge is 0.160 e. The fraction of sp³-hybridized carbons (Fsp3) is 1.00. The van der Waals surface area contributed by atoms with Crippen LogP contribution in [0, 0.1) is 5.92 Å². The van der Waals surface area contributed by atoms with Crippen LogP contribution in [0.3, 0.4) is 0 Å². The molecule has 0 amide bonds. The van der Waals surface area contributed by atoms with E-state index in [1.54, 1.807) is 0 Å². The highest BCUT2D eigenvalue weighted by Gasteiger charge is 2.27. The lowest BCUT2D eigenvalue weighted by Crippen LogP contribution is -2.40. The summed E-state index contributed by atoms with van der Waals surface area (Å²) in [5.41, 5.74) is 0.